The molecule has 222 valence electrons. The minimum atomic E-state index is -5.65. The van der Waals surface area contributed by atoms with Gasteiger partial charge < -0.3 is 40.7 Å². The zero-order valence-corrected chi connectivity index (χ0v) is 23.3. The van der Waals surface area contributed by atoms with Crippen LogP contribution in [0.3, 0.4) is 0 Å². The van der Waals surface area contributed by atoms with Gasteiger partial charge in [0.25, 0.3) is 0 Å². The Morgan fingerprint density at radius 1 is 0.974 bits per heavy atom. The molecule has 39 heavy (non-hydrogen) atoms. The summed E-state index contributed by atoms with van der Waals surface area (Å²) in [4.78, 5) is 41.0. The molecule has 1 aliphatic rings. The molecule has 19 nitrogen and oxygen atoms in total. The lowest BCUT2D eigenvalue weighted by Crippen LogP contribution is -2.33. The van der Waals surface area contributed by atoms with Crippen molar-refractivity contribution in [2.45, 2.75) is 50.2 Å². The number of ether oxygens (including phenoxy) is 1. The quantitative estimate of drug-likeness (QED) is 0.0972. The molecule has 3 heterocycles. The number of hydrogen-bond donors (Lipinski definition) is 7. The van der Waals surface area contributed by atoms with Crippen LogP contribution in [0.2, 0.25) is 0 Å². The first-order valence-electron chi connectivity index (χ1n) is 11.5. The number of fused-ring (bicyclic) bond motifs is 1. The van der Waals surface area contributed by atoms with Crippen molar-refractivity contribution in [3.63, 3.8) is 0 Å². The molecule has 22 heteroatoms. The Hall–Kier alpha value is -1.40. The van der Waals surface area contributed by atoms with Gasteiger partial charge in [-0.15, -0.1) is 0 Å². The monoisotopic (exact) mass is 620 g/mol. The van der Waals surface area contributed by atoms with E-state index in [1.54, 1.807) is 7.05 Å². The predicted molar refractivity (Wildman–Crippen MR) is 132 cm³/mol. The normalized spacial score (nSPS) is 26.3. The molecule has 0 spiro atoms. The topological polar surface area (TPSA) is 280 Å². The van der Waals surface area contributed by atoms with E-state index in [0.717, 1.165) is 25.7 Å². The van der Waals surface area contributed by atoms with Gasteiger partial charge in [0.2, 0.25) is 0 Å². The van der Waals surface area contributed by atoms with Crippen molar-refractivity contribution >= 4 is 40.4 Å². The number of anilines is 1. The average molecular weight is 620 g/mol. The highest BCUT2D eigenvalue weighted by atomic mass is 31.3. The average Bonchev–Trinajstić information content (AvgIpc) is 3.37. The van der Waals surface area contributed by atoms with Gasteiger partial charge in [-0.1, -0.05) is 12.8 Å². The summed E-state index contributed by atoms with van der Waals surface area (Å²) in [5.41, 5.74) is 6.09. The Labute approximate surface area is 222 Å². The predicted octanol–water partition coefficient (Wildman–Crippen LogP) is 0.175. The molecule has 0 amide bonds. The summed E-state index contributed by atoms with van der Waals surface area (Å²) in [6.45, 7) is -0.407. The molecule has 0 radical (unpaired) electrons. The number of aliphatic hydroxyl groups excluding tert-OH is 2. The second kappa shape index (κ2) is 13.5. The van der Waals surface area contributed by atoms with Crippen molar-refractivity contribution in [2.24, 2.45) is 0 Å². The standard InChI is InChI=1S/C17H31N6O13P3/c1-19-6-4-2-3-5-7-32-37(26,27)35-39(30,31)36-38(28,29)33-8-11-13(24)14(25)17(34-11)23-10-22-12-15(18)20-9-21-16(12)23/h9-11,13-14,17,19,24-25H,2-8H2,1H3,(H,26,27)(H,28,29)(H,30,31)(H2,18,20,21)/t11-,13+,14?,17-/m1/s1. The van der Waals surface area contributed by atoms with Crippen LogP contribution in [0.25, 0.3) is 11.2 Å². The molecule has 1 aliphatic heterocycles. The molecule has 3 rings (SSSR count). The molecule has 8 N–H and O–H groups in total. The van der Waals surface area contributed by atoms with E-state index < -0.39 is 54.6 Å². The Morgan fingerprint density at radius 3 is 2.33 bits per heavy atom. The van der Waals surface area contributed by atoms with Gasteiger partial charge in [0.05, 0.1) is 19.5 Å². The van der Waals surface area contributed by atoms with E-state index in [0.29, 0.717) is 12.8 Å². The third-order valence-electron chi connectivity index (χ3n) is 5.39. The molecule has 2 aromatic rings. The summed E-state index contributed by atoms with van der Waals surface area (Å²) in [7, 11) is -14.4. The van der Waals surface area contributed by atoms with Crippen LogP contribution in [0.1, 0.15) is 31.9 Å². The number of hydrogen-bond acceptors (Lipinski definition) is 15. The van der Waals surface area contributed by atoms with E-state index in [1.807, 2.05) is 0 Å². The Kier molecular flexibility index (Phi) is 11.1. The second-order valence-corrected chi connectivity index (χ2v) is 13.0. The number of nitrogens with one attached hydrogen (secondary N) is 1. The van der Waals surface area contributed by atoms with E-state index in [2.05, 4.69) is 37.9 Å². The number of phosphoric ester groups is 2. The summed E-state index contributed by atoms with van der Waals surface area (Å²) in [5, 5.41) is 23.7. The Balaban J connectivity index is 1.51. The number of aromatic nitrogens is 4. The molecule has 2 aromatic heterocycles. The summed E-state index contributed by atoms with van der Waals surface area (Å²) < 4.78 is 60.2. The van der Waals surface area contributed by atoms with E-state index in [1.165, 1.54) is 10.9 Å². The Bertz CT molecular complexity index is 1250. The lowest BCUT2D eigenvalue weighted by molar-refractivity contribution is -0.0503. The first-order chi connectivity index (χ1) is 18.3. The molecule has 1 saturated heterocycles. The third kappa shape index (κ3) is 9.05. The molecule has 0 saturated carbocycles. The van der Waals surface area contributed by atoms with Crippen LogP contribution >= 0.6 is 23.5 Å². The smallest absolute Gasteiger partial charge is 0.387 e. The van der Waals surface area contributed by atoms with Crippen molar-refractivity contribution in [3.8, 4) is 0 Å². The molecule has 0 aliphatic carbocycles. The summed E-state index contributed by atoms with van der Waals surface area (Å²) in [6.07, 6.45) is -0.907. The number of rotatable bonds is 16. The lowest BCUT2D eigenvalue weighted by Gasteiger charge is -2.20. The highest BCUT2D eigenvalue weighted by Gasteiger charge is 2.47. The number of unbranched alkanes of at least 4 members (excludes halogenated alkanes) is 3. The molecule has 0 aromatic carbocycles. The minimum absolute atomic E-state index is 0.0543. The van der Waals surface area contributed by atoms with Crippen molar-refractivity contribution in [3.05, 3.63) is 12.7 Å². The van der Waals surface area contributed by atoms with Gasteiger partial charge in [-0.05, 0) is 26.4 Å². The number of aliphatic hydroxyl groups is 2. The van der Waals surface area contributed by atoms with Gasteiger partial charge in [0.15, 0.2) is 17.7 Å². The summed E-state index contributed by atoms with van der Waals surface area (Å²) >= 11 is 0. The van der Waals surface area contributed by atoms with Crippen LogP contribution in [0.15, 0.2) is 12.7 Å². The number of nitrogens with two attached hydrogens (primary N) is 1. The molecule has 7 atom stereocenters. The highest BCUT2D eigenvalue weighted by molar-refractivity contribution is 7.66. The fourth-order valence-corrected chi connectivity index (χ4v) is 7.13. The third-order valence-corrected chi connectivity index (χ3v) is 9.67. The molecular weight excluding hydrogens is 589 g/mol. The maximum Gasteiger partial charge on any atom is 0.490 e. The SMILES string of the molecule is CNCCCCCCOP(=O)(O)OP(=O)(O)OP(=O)(O)OC[C@H]1O[C@@H](n2cnc3c(N)ncnc32)C(O)[C@H]1O. The van der Waals surface area contributed by atoms with Crippen molar-refractivity contribution in [2.75, 3.05) is 32.5 Å². The maximum absolute atomic E-state index is 12.2. The van der Waals surface area contributed by atoms with Crippen molar-refractivity contribution in [1.29, 1.82) is 0 Å². The number of nitrogen functional groups attached to an aromatic ring is 1. The first kappa shape index (κ1) is 32.1. The summed E-state index contributed by atoms with van der Waals surface area (Å²) in [5.74, 6) is 0.0543. The van der Waals surface area contributed by atoms with Gasteiger partial charge in [0, 0.05) is 0 Å². The van der Waals surface area contributed by atoms with Gasteiger partial charge in [0.1, 0.15) is 30.2 Å². The van der Waals surface area contributed by atoms with Crippen LogP contribution in [-0.2, 0) is 36.1 Å². The first-order valence-corrected chi connectivity index (χ1v) is 16.0. The summed E-state index contributed by atoms with van der Waals surface area (Å²) in [6, 6.07) is 0. The fraction of sp³-hybridized carbons (Fsp3) is 0.706. The Morgan fingerprint density at radius 2 is 1.64 bits per heavy atom. The zero-order valence-electron chi connectivity index (χ0n) is 20.6. The second-order valence-electron chi connectivity index (χ2n) is 8.34. The molecule has 4 unspecified atom stereocenters. The van der Waals surface area contributed by atoms with Crippen LogP contribution in [0, 0.1) is 0 Å². The van der Waals surface area contributed by atoms with Crippen LogP contribution in [0.5, 0.6) is 0 Å². The maximum atomic E-state index is 12.2. The van der Waals surface area contributed by atoms with Crippen LogP contribution in [0.4, 0.5) is 5.82 Å². The van der Waals surface area contributed by atoms with Crippen LogP contribution in [-0.4, -0.2) is 89.5 Å². The van der Waals surface area contributed by atoms with Crippen molar-refractivity contribution in [1.82, 2.24) is 24.8 Å². The zero-order chi connectivity index (χ0) is 28.8. The van der Waals surface area contributed by atoms with Gasteiger partial charge >= 0.3 is 23.5 Å². The number of phosphoric acid groups is 3. The van der Waals surface area contributed by atoms with E-state index in [4.69, 9.17) is 10.5 Å². The van der Waals surface area contributed by atoms with Crippen LogP contribution < -0.4 is 11.1 Å². The minimum Gasteiger partial charge on any atom is -0.387 e. The molecular formula is C17H31N6O13P3. The van der Waals surface area contributed by atoms with Gasteiger partial charge in [-0.25, -0.2) is 28.6 Å². The fourth-order valence-electron chi connectivity index (χ4n) is 3.58. The number of imidazole rings is 1. The largest absolute Gasteiger partial charge is 0.490 e. The molecule has 1 fully saturated rings. The van der Waals surface area contributed by atoms with E-state index in [9.17, 15) is 38.6 Å². The van der Waals surface area contributed by atoms with Crippen molar-refractivity contribution < 1.29 is 61.0 Å². The van der Waals surface area contributed by atoms with E-state index >= 15 is 0 Å². The lowest BCUT2D eigenvalue weighted by atomic mass is 10.1. The molecule has 0 bridgehead atoms. The van der Waals surface area contributed by atoms with E-state index in [-0.39, 0.29) is 23.6 Å². The van der Waals surface area contributed by atoms with Gasteiger partial charge in [-0.2, -0.15) is 8.62 Å². The van der Waals surface area contributed by atoms with Gasteiger partial charge in [-0.3, -0.25) is 13.6 Å². The number of nitrogens with zero attached hydrogens (tertiary/aromatic N) is 4. The highest BCUT2D eigenvalue weighted by Crippen LogP contribution is 2.67.